The van der Waals surface area contributed by atoms with Gasteiger partial charge in [-0.2, -0.15) is 10.5 Å². The molecule has 0 saturated heterocycles. The second-order valence-electron chi connectivity index (χ2n) is 4.44. The van der Waals surface area contributed by atoms with E-state index in [4.69, 9.17) is 16.4 Å². The minimum atomic E-state index is -0.479. The third-order valence-electron chi connectivity index (χ3n) is 2.63. The zero-order valence-electron chi connectivity index (χ0n) is 12.2. The zero-order chi connectivity index (χ0) is 16.7. The minimum Gasteiger partial charge on any atom is -0.350 e. The quantitative estimate of drug-likeness (QED) is 0.329. The van der Waals surface area contributed by atoms with Crippen LogP contribution in [0.15, 0.2) is 47.6 Å². The van der Waals surface area contributed by atoms with Crippen molar-refractivity contribution in [3.8, 4) is 0 Å². The maximum absolute atomic E-state index is 11.0. The van der Waals surface area contributed by atoms with Crippen LogP contribution in [-0.4, -0.2) is 16.9 Å². The van der Waals surface area contributed by atoms with Crippen LogP contribution in [0.4, 0.5) is 5.82 Å². The molecule has 2 rings (SSSR count). The van der Waals surface area contributed by atoms with Crippen molar-refractivity contribution in [1.82, 2.24) is 15.8 Å². The summed E-state index contributed by atoms with van der Waals surface area (Å²) in [6, 6.07) is 11.1. The number of hydroxylamine groups is 1. The lowest BCUT2D eigenvalue weighted by Crippen LogP contribution is -2.37. The lowest BCUT2D eigenvalue weighted by molar-refractivity contribution is -0.145. The number of benzene rings is 1. The molecule has 23 heavy (non-hydrogen) atoms. The number of aromatic nitrogens is 1. The number of guanidine groups is 1. The number of nitrogens with one attached hydrogen (secondary N) is 2. The normalized spacial score (nSPS) is 11.0. The van der Waals surface area contributed by atoms with Gasteiger partial charge in [-0.1, -0.05) is 29.8 Å². The van der Waals surface area contributed by atoms with E-state index < -0.39 is 5.97 Å². The monoisotopic (exact) mass is 444 g/mol. The maximum Gasteiger partial charge on any atom is 0.329 e. The largest absolute Gasteiger partial charge is 0.350 e. The predicted molar refractivity (Wildman–Crippen MR) is 97.2 cm³/mol. The van der Waals surface area contributed by atoms with Crippen LogP contribution in [-0.2, 0) is 16.2 Å². The van der Waals surface area contributed by atoms with Crippen LogP contribution in [0, 0.1) is 3.57 Å². The molecule has 1 aromatic heterocycles. The molecule has 8 heteroatoms. The van der Waals surface area contributed by atoms with Gasteiger partial charge in [-0.3, -0.25) is 4.79 Å². The van der Waals surface area contributed by atoms with E-state index >= 15 is 0 Å². The molecule has 1 heterocycles. The summed E-state index contributed by atoms with van der Waals surface area (Å²) in [5, 5.41) is 3.67. The van der Waals surface area contributed by atoms with Gasteiger partial charge < -0.3 is 10.2 Å². The fraction of sp³-hybridized carbons (Fsp3) is 0.133. The van der Waals surface area contributed by atoms with Gasteiger partial charge in [-0.25, -0.2) is 4.98 Å². The fourth-order valence-electron chi connectivity index (χ4n) is 1.59. The lowest BCUT2D eigenvalue weighted by Gasteiger charge is -2.12. The van der Waals surface area contributed by atoms with Crippen LogP contribution in [0.5, 0.6) is 0 Å². The standard InChI is InChI=1S/C15H14ClIN4O2/c1-10(22)23-21-15(20-14-7-6-12(17)9-18-14)19-8-11-4-2-3-5-13(11)16/h2-7,9H,8H2,1H3,(H2,18,19,20,21). The highest BCUT2D eigenvalue weighted by molar-refractivity contribution is 14.1. The smallest absolute Gasteiger partial charge is 0.329 e. The summed E-state index contributed by atoms with van der Waals surface area (Å²) in [5.41, 5.74) is 3.37. The van der Waals surface area contributed by atoms with Crippen molar-refractivity contribution in [2.45, 2.75) is 13.5 Å². The lowest BCUT2D eigenvalue weighted by atomic mass is 10.2. The van der Waals surface area contributed by atoms with E-state index in [1.165, 1.54) is 6.92 Å². The van der Waals surface area contributed by atoms with Crippen molar-refractivity contribution < 1.29 is 9.63 Å². The molecule has 0 spiro atoms. The van der Waals surface area contributed by atoms with E-state index in [0.717, 1.165) is 9.13 Å². The van der Waals surface area contributed by atoms with Gasteiger partial charge in [0.1, 0.15) is 0 Å². The fourth-order valence-corrected chi connectivity index (χ4v) is 2.11. The SMILES string of the molecule is CC(=O)ONC(=Nc1ccc(I)cn1)NCc1ccccc1Cl. The number of carbonyl (C=O) groups excluding carboxylic acids is 1. The molecule has 120 valence electrons. The van der Waals surface area contributed by atoms with E-state index in [2.05, 4.69) is 43.4 Å². The number of pyridine rings is 1. The van der Waals surface area contributed by atoms with Gasteiger partial charge in [-0.15, -0.1) is 0 Å². The minimum absolute atomic E-state index is 0.258. The molecule has 0 aliphatic heterocycles. The average molecular weight is 445 g/mol. The predicted octanol–water partition coefficient (Wildman–Crippen LogP) is 3.18. The molecule has 0 bridgehead atoms. The van der Waals surface area contributed by atoms with E-state index in [1.54, 1.807) is 18.3 Å². The summed E-state index contributed by atoms with van der Waals surface area (Å²) < 4.78 is 1.00. The number of rotatable bonds is 3. The van der Waals surface area contributed by atoms with Gasteiger partial charge >= 0.3 is 5.97 Å². The first-order valence-electron chi connectivity index (χ1n) is 6.65. The molecule has 0 unspecified atom stereocenters. The van der Waals surface area contributed by atoms with Crippen LogP contribution < -0.4 is 10.8 Å². The van der Waals surface area contributed by atoms with Crippen molar-refractivity contribution in [3.63, 3.8) is 0 Å². The van der Waals surface area contributed by atoms with Crippen LogP contribution >= 0.6 is 34.2 Å². The van der Waals surface area contributed by atoms with Gasteiger partial charge in [0, 0.05) is 28.3 Å². The van der Waals surface area contributed by atoms with Crippen LogP contribution in [0.25, 0.3) is 0 Å². The summed E-state index contributed by atoms with van der Waals surface area (Å²) in [6.07, 6.45) is 1.69. The number of hydrogen-bond donors (Lipinski definition) is 2. The summed E-state index contributed by atoms with van der Waals surface area (Å²) in [7, 11) is 0. The van der Waals surface area contributed by atoms with E-state index in [1.807, 2.05) is 24.3 Å². The molecule has 0 saturated carbocycles. The van der Waals surface area contributed by atoms with Crippen LogP contribution in [0.3, 0.4) is 0 Å². The Morgan fingerprint density at radius 1 is 1.35 bits per heavy atom. The topological polar surface area (TPSA) is 75.6 Å². The average Bonchev–Trinajstić information content (AvgIpc) is 2.53. The first-order chi connectivity index (χ1) is 11.0. The molecule has 0 aliphatic carbocycles. The Balaban J connectivity index is 2.11. The zero-order valence-corrected chi connectivity index (χ0v) is 15.1. The first-order valence-corrected chi connectivity index (χ1v) is 8.11. The third-order valence-corrected chi connectivity index (χ3v) is 3.64. The molecular weight excluding hydrogens is 431 g/mol. The van der Waals surface area contributed by atoms with Gasteiger partial charge in [0.2, 0.25) is 5.96 Å². The highest BCUT2D eigenvalue weighted by atomic mass is 127. The van der Waals surface area contributed by atoms with Gasteiger partial charge in [-0.05, 0) is 46.4 Å². The first kappa shape index (κ1) is 17.5. The third kappa shape index (κ3) is 6.03. The highest BCUT2D eigenvalue weighted by Crippen LogP contribution is 2.14. The Morgan fingerprint density at radius 2 is 2.13 bits per heavy atom. The summed E-state index contributed by atoms with van der Waals surface area (Å²) >= 11 is 8.27. The van der Waals surface area contributed by atoms with Crippen LogP contribution in [0.1, 0.15) is 12.5 Å². The Morgan fingerprint density at radius 3 is 2.78 bits per heavy atom. The molecule has 2 aromatic rings. The molecular formula is C15H14ClIN4O2. The summed E-state index contributed by atoms with van der Waals surface area (Å²) in [4.78, 5) is 24.2. The number of carbonyl (C=O) groups is 1. The molecule has 0 atom stereocenters. The highest BCUT2D eigenvalue weighted by Gasteiger charge is 2.05. The molecule has 0 radical (unpaired) electrons. The van der Waals surface area contributed by atoms with E-state index in [9.17, 15) is 4.79 Å². The van der Waals surface area contributed by atoms with Gasteiger partial charge in [0.25, 0.3) is 0 Å². The maximum atomic E-state index is 11.0. The molecule has 0 fully saturated rings. The number of hydrogen-bond acceptors (Lipinski definition) is 4. The number of aliphatic imine (C=N–C) groups is 1. The van der Waals surface area contributed by atoms with Crippen molar-refractivity contribution in [3.05, 3.63) is 56.8 Å². The van der Waals surface area contributed by atoms with Crippen molar-refractivity contribution in [2.75, 3.05) is 0 Å². The second kappa shape index (κ2) is 8.68. The molecule has 1 aromatic carbocycles. The molecule has 0 aliphatic rings. The van der Waals surface area contributed by atoms with Crippen LogP contribution in [0.2, 0.25) is 5.02 Å². The van der Waals surface area contributed by atoms with Gasteiger partial charge in [0.05, 0.1) is 0 Å². The van der Waals surface area contributed by atoms with Crippen molar-refractivity contribution in [1.29, 1.82) is 0 Å². The Bertz CT molecular complexity index is 707. The summed E-state index contributed by atoms with van der Waals surface area (Å²) in [6.45, 7) is 1.71. The second-order valence-corrected chi connectivity index (χ2v) is 6.09. The van der Waals surface area contributed by atoms with Crippen molar-refractivity contribution in [2.24, 2.45) is 4.99 Å². The Labute approximate surface area is 152 Å². The van der Waals surface area contributed by atoms with E-state index in [-0.39, 0.29) is 5.96 Å². The molecule has 2 N–H and O–H groups in total. The van der Waals surface area contributed by atoms with E-state index in [0.29, 0.717) is 17.4 Å². The Kier molecular flexibility index (Phi) is 6.60. The van der Waals surface area contributed by atoms with Crippen molar-refractivity contribution >= 4 is 51.9 Å². The number of nitrogens with zero attached hydrogens (tertiary/aromatic N) is 2. The number of halogens is 2. The van der Waals surface area contributed by atoms with Gasteiger partial charge in [0.15, 0.2) is 5.82 Å². The molecule has 0 amide bonds. The summed E-state index contributed by atoms with van der Waals surface area (Å²) in [5.74, 6) is 0.258. The molecule has 6 nitrogen and oxygen atoms in total. The Hall–Kier alpha value is -1.87.